The average molecular weight is 368 g/mol. The first-order valence-electron chi connectivity index (χ1n) is 6.03. The lowest BCUT2D eigenvalue weighted by Crippen LogP contribution is -2.46. The molecule has 1 heterocycles. The van der Waals surface area contributed by atoms with Gasteiger partial charge in [0.1, 0.15) is 0 Å². The van der Waals surface area contributed by atoms with Crippen LogP contribution in [0.2, 0.25) is 5.02 Å². The molecule has 0 saturated carbocycles. The second-order valence-electron chi connectivity index (χ2n) is 4.65. The maximum Gasteiger partial charge on any atom is 0.227 e. The molecule has 1 aromatic rings. The molecule has 1 amide bonds. The van der Waals surface area contributed by atoms with Gasteiger partial charge in [-0.2, -0.15) is 0 Å². The van der Waals surface area contributed by atoms with Gasteiger partial charge < -0.3 is 10.6 Å². The molecule has 1 aromatic carbocycles. The number of halogens is 3. The number of nitrogens with zero attached hydrogens (tertiary/aromatic N) is 1. The highest BCUT2D eigenvalue weighted by atomic mass is 79.9. The standard InChI is InChI=1S/C13H16BrClN2O.ClH/c14-12-7-10(15)4-3-9(12)6-13(18)17-5-1-2-11(16)8-17;/h3-4,7,11H,1-2,5-6,8,16H2;1H. The predicted molar refractivity (Wildman–Crippen MR) is 83.9 cm³/mol. The van der Waals surface area contributed by atoms with Crippen molar-refractivity contribution < 1.29 is 4.79 Å². The van der Waals surface area contributed by atoms with Crippen LogP contribution in [0.15, 0.2) is 22.7 Å². The minimum Gasteiger partial charge on any atom is -0.341 e. The third-order valence-corrected chi connectivity index (χ3v) is 4.14. The number of carbonyl (C=O) groups excluding carboxylic acids is 1. The van der Waals surface area contributed by atoms with E-state index in [2.05, 4.69) is 15.9 Å². The molecule has 6 heteroatoms. The van der Waals surface area contributed by atoms with Gasteiger partial charge in [-0.1, -0.05) is 33.6 Å². The summed E-state index contributed by atoms with van der Waals surface area (Å²) in [6.07, 6.45) is 2.40. The Labute approximate surface area is 133 Å². The highest BCUT2D eigenvalue weighted by Crippen LogP contribution is 2.22. The van der Waals surface area contributed by atoms with Gasteiger partial charge in [0, 0.05) is 28.6 Å². The number of benzene rings is 1. The summed E-state index contributed by atoms with van der Waals surface area (Å²) in [6, 6.07) is 5.62. The molecule has 0 spiro atoms. The van der Waals surface area contributed by atoms with Crippen molar-refractivity contribution in [2.45, 2.75) is 25.3 Å². The van der Waals surface area contributed by atoms with E-state index in [1.807, 2.05) is 17.0 Å². The second-order valence-corrected chi connectivity index (χ2v) is 5.95. The van der Waals surface area contributed by atoms with Gasteiger partial charge in [0.05, 0.1) is 6.42 Å². The summed E-state index contributed by atoms with van der Waals surface area (Å²) in [7, 11) is 0. The molecule has 2 N–H and O–H groups in total. The zero-order valence-corrected chi connectivity index (χ0v) is 13.6. The van der Waals surface area contributed by atoms with E-state index in [1.165, 1.54) is 0 Å². The van der Waals surface area contributed by atoms with Gasteiger partial charge in [-0.25, -0.2) is 0 Å². The maximum absolute atomic E-state index is 12.2. The Kier molecular flexibility index (Phi) is 6.60. The molecule has 1 aliphatic rings. The second kappa shape index (κ2) is 7.48. The van der Waals surface area contributed by atoms with Crippen LogP contribution in [0.5, 0.6) is 0 Å². The van der Waals surface area contributed by atoms with Crippen molar-refractivity contribution in [3.8, 4) is 0 Å². The third kappa shape index (κ3) is 4.63. The Bertz CT molecular complexity index is 456. The third-order valence-electron chi connectivity index (χ3n) is 3.17. The summed E-state index contributed by atoms with van der Waals surface area (Å²) in [5, 5.41) is 0.665. The first-order valence-corrected chi connectivity index (χ1v) is 7.20. The Morgan fingerprint density at radius 2 is 2.26 bits per heavy atom. The molecule has 0 bridgehead atoms. The molecule has 1 saturated heterocycles. The van der Waals surface area contributed by atoms with E-state index >= 15 is 0 Å². The minimum absolute atomic E-state index is 0. The first kappa shape index (κ1) is 16.8. The number of carbonyl (C=O) groups is 1. The fraction of sp³-hybridized carbons (Fsp3) is 0.462. The van der Waals surface area contributed by atoms with E-state index in [0.29, 0.717) is 18.0 Å². The van der Waals surface area contributed by atoms with Crippen LogP contribution in [-0.4, -0.2) is 29.9 Å². The van der Waals surface area contributed by atoms with Gasteiger partial charge in [-0.05, 0) is 30.5 Å². The molecule has 0 aliphatic carbocycles. The number of likely N-dealkylation sites (tertiary alicyclic amines) is 1. The van der Waals surface area contributed by atoms with Gasteiger partial charge in [-0.15, -0.1) is 12.4 Å². The summed E-state index contributed by atoms with van der Waals surface area (Å²) in [5.41, 5.74) is 6.85. The Hall–Kier alpha value is -0.290. The molecule has 0 radical (unpaired) electrons. The van der Waals surface area contributed by atoms with Crippen molar-refractivity contribution >= 4 is 45.8 Å². The quantitative estimate of drug-likeness (QED) is 0.873. The lowest BCUT2D eigenvalue weighted by Gasteiger charge is -2.31. The fourth-order valence-electron chi connectivity index (χ4n) is 2.18. The van der Waals surface area contributed by atoms with Gasteiger partial charge in [-0.3, -0.25) is 4.79 Å². The van der Waals surface area contributed by atoms with Gasteiger partial charge in [0.2, 0.25) is 5.91 Å². The van der Waals surface area contributed by atoms with Crippen LogP contribution < -0.4 is 5.73 Å². The number of hydrogen-bond donors (Lipinski definition) is 1. The van der Waals surface area contributed by atoms with Crippen LogP contribution >= 0.6 is 39.9 Å². The smallest absolute Gasteiger partial charge is 0.227 e. The Balaban J connectivity index is 0.00000180. The van der Waals surface area contributed by atoms with Crippen LogP contribution in [0.4, 0.5) is 0 Å². The van der Waals surface area contributed by atoms with Crippen molar-refractivity contribution in [3.63, 3.8) is 0 Å². The lowest BCUT2D eigenvalue weighted by atomic mass is 10.1. The van der Waals surface area contributed by atoms with Crippen LogP contribution in [-0.2, 0) is 11.2 Å². The monoisotopic (exact) mass is 366 g/mol. The minimum atomic E-state index is 0. The van der Waals surface area contributed by atoms with Crippen LogP contribution in [0, 0.1) is 0 Å². The highest BCUT2D eigenvalue weighted by molar-refractivity contribution is 9.10. The SMILES string of the molecule is Cl.NC1CCCN(C(=O)Cc2ccc(Cl)cc2Br)C1. The molecule has 1 unspecified atom stereocenters. The molecule has 106 valence electrons. The van der Waals surface area contributed by atoms with Crippen molar-refractivity contribution in [1.82, 2.24) is 4.90 Å². The van der Waals surface area contributed by atoms with Gasteiger partial charge >= 0.3 is 0 Å². The number of hydrogen-bond acceptors (Lipinski definition) is 2. The lowest BCUT2D eigenvalue weighted by molar-refractivity contribution is -0.131. The van der Waals surface area contributed by atoms with Crippen molar-refractivity contribution in [1.29, 1.82) is 0 Å². The molecule has 3 nitrogen and oxygen atoms in total. The fourth-order valence-corrected chi connectivity index (χ4v) is 3.00. The van der Waals surface area contributed by atoms with Crippen molar-refractivity contribution in [3.05, 3.63) is 33.3 Å². The largest absolute Gasteiger partial charge is 0.341 e. The normalized spacial score (nSPS) is 18.9. The molecular weight excluding hydrogens is 351 g/mol. The van der Waals surface area contributed by atoms with E-state index < -0.39 is 0 Å². The summed E-state index contributed by atoms with van der Waals surface area (Å²) in [4.78, 5) is 14.0. The van der Waals surface area contributed by atoms with Crippen LogP contribution in [0.1, 0.15) is 18.4 Å². The van der Waals surface area contributed by atoms with Gasteiger partial charge in [0.15, 0.2) is 0 Å². The highest BCUT2D eigenvalue weighted by Gasteiger charge is 2.21. The van der Waals surface area contributed by atoms with E-state index in [9.17, 15) is 4.79 Å². The number of amides is 1. The van der Waals surface area contributed by atoms with E-state index in [1.54, 1.807) is 6.07 Å². The molecule has 1 atom stereocenters. The van der Waals surface area contributed by atoms with Crippen LogP contribution in [0.3, 0.4) is 0 Å². The van der Waals surface area contributed by atoms with E-state index in [4.69, 9.17) is 17.3 Å². The zero-order valence-electron chi connectivity index (χ0n) is 10.4. The molecule has 19 heavy (non-hydrogen) atoms. The molecular formula is C13H17BrCl2N2O. The molecule has 1 aliphatic heterocycles. The topological polar surface area (TPSA) is 46.3 Å². The van der Waals surface area contributed by atoms with Crippen molar-refractivity contribution in [2.75, 3.05) is 13.1 Å². The van der Waals surface area contributed by atoms with E-state index in [-0.39, 0.29) is 24.4 Å². The summed E-state index contributed by atoms with van der Waals surface area (Å²) < 4.78 is 0.879. The number of rotatable bonds is 2. The maximum atomic E-state index is 12.2. The number of piperidine rings is 1. The average Bonchev–Trinajstić information content (AvgIpc) is 2.32. The first-order chi connectivity index (χ1) is 8.56. The van der Waals surface area contributed by atoms with Gasteiger partial charge in [0.25, 0.3) is 0 Å². The summed E-state index contributed by atoms with van der Waals surface area (Å²) >= 11 is 9.31. The summed E-state index contributed by atoms with van der Waals surface area (Å²) in [5.74, 6) is 0.133. The van der Waals surface area contributed by atoms with E-state index in [0.717, 1.165) is 29.4 Å². The predicted octanol–water partition coefficient (Wildman–Crippen LogP) is 3.02. The number of nitrogens with two attached hydrogens (primary N) is 1. The Morgan fingerprint density at radius 1 is 1.53 bits per heavy atom. The Morgan fingerprint density at radius 3 is 2.89 bits per heavy atom. The van der Waals surface area contributed by atoms with Crippen LogP contribution in [0.25, 0.3) is 0 Å². The molecule has 2 rings (SSSR count). The van der Waals surface area contributed by atoms with Crippen molar-refractivity contribution in [2.24, 2.45) is 5.73 Å². The zero-order chi connectivity index (χ0) is 13.1. The molecule has 0 aromatic heterocycles. The summed E-state index contributed by atoms with van der Waals surface area (Å²) in [6.45, 7) is 1.49. The molecule has 1 fully saturated rings.